The molecule has 0 aromatic heterocycles. The second-order valence-electron chi connectivity index (χ2n) is 28.1. The molecule has 2 unspecified atom stereocenters. The Morgan fingerprint density at radius 1 is 0.242 bits per heavy atom. The molecule has 0 aliphatic heterocycles. The van der Waals surface area contributed by atoms with Crippen LogP contribution in [0.1, 0.15) is 294 Å². The van der Waals surface area contributed by atoms with Crippen molar-refractivity contribution in [2.45, 2.75) is 260 Å². The van der Waals surface area contributed by atoms with E-state index in [2.05, 4.69) is 303 Å². The fourth-order valence-electron chi connectivity index (χ4n) is 10.5. The lowest BCUT2D eigenvalue weighted by Crippen LogP contribution is -2.04. The van der Waals surface area contributed by atoms with Crippen LogP contribution < -0.4 is 9.47 Å². The molecule has 542 valence electrons. The molecule has 9 aromatic rings. The van der Waals surface area contributed by atoms with E-state index >= 15 is 0 Å². The van der Waals surface area contributed by atoms with Crippen molar-refractivity contribution in [3.05, 3.63) is 307 Å². The van der Waals surface area contributed by atoms with Gasteiger partial charge in [0.05, 0.1) is 0 Å². The summed E-state index contributed by atoms with van der Waals surface area (Å²) < 4.78 is 58.7. The minimum Gasteiger partial charge on any atom is -0.461 e. The predicted octanol–water partition coefficient (Wildman–Crippen LogP) is 30.1. The number of hydrogen-bond acceptors (Lipinski definition) is 2. The molecular formula is C93H130F4O2. The highest BCUT2D eigenvalue weighted by atomic mass is 19.3. The number of ether oxygens (including phenoxy) is 2. The molecule has 0 heterocycles. The first-order valence-electron chi connectivity index (χ1n) is 35.6. The van der Waals surface area contributed by atoms with E-state index in [-0.39, 0.29) is 19.1 Å². The van der Waals surface area contributed by atoms with E-state index in [4.69, 9.17) is 4.74 Å². The van der Waals surface area contributed by atoms with Crippen LogP contribution in [0.4, 0.5) is 17.6 Å². The predicted molar refractivity (Wildman–Crippen MR) is 427 cm³/mol. The molecule has 9 rings (SSSR count). The topological polar surface area (TPSA) is 18.5 Å². The third-order valence-electron chi connectivity index (χ3n) is 16.2. The van der Waals surface area contributed by atoms with E-state index in [0.717, 1.165) is 22.3 Å². The third-order valence-corrected chi connectivity index (χ3v) is 16.2. The SMILES string of the molecule is C.CC(C)c1ccccc1C(C)F.CC(C)c1ccccc1OC(F)F.CC(F)Oc1cccc(C(C)C)c1.Cc1cccc(C(C)C)c1.Cc1cccc(C(C)C)c1.Cc1cccc(C(C)C)c1.Cc1ccccc1C(C)C.Cc1ccccc1C(C)C.Cc1ccccc1C(C)C. The van der Waals surface area contributed by atoms with Gasteiger partial charge < -0.3 is 9.47 Å². The smallest absolute Gasteiger partial charge is 0.387 e. The van der Waals surface area contributed by atoms with Crippen molar-refractivity contribution in [2.75, 3.05) is 0 Å². The summed E-state index contributed by atoms with van der Waals surface area (Å²) in [4.78, 5) is 0. The van der Waals surface area contributed by atoms with E-state index in [1.54, 1.807) is 31.2 Å². The average molecular weight is 1360 g/mol. The van der Waals surface area contributed by atoms with Crippen LogP contribution >= 0.6 is 0 Å². The standard InChI is InChI=1S/C11H15FO.C11H15F.C10H12F2O.6C10H14.CH4/c1-8(2)10-5-4-6-11(7-10)13-9(3)12;1-8(2)10-6-4-5-7-11(10)9(3)12;1-7(2)8-5-3-4-6-9(8)13-10(11)12;3*1-8(2)10-6-4-5-9(3)7-10;3*1-8(2)10-7-5-4-6-9(10)3;/h4-9H,1-3H3;4-9H,1-3H3;3-7,10H,1-2H3;6*4-8H,1-3H3;1H4. The van der Waals surface area contributed by atoms with Gasteiger partial charge in [-0.3, -0.25) is 0 Å². The number of hydrogen-bond donors (Lipinski definition) is 0. The van der Waals surface area contributed by atoms with E-state index in [9.17, 15) is 17.6 Å². The summed E-state index contributed by atoms with van der Waals surface area (Å²) in [5, 5.41) is 0. The van der Waals surface area contributed by atoms with E-state index in [1.165, 1.54) is 73.7 Å². The zero-order valence-corrected chi connectivity index (χ0v) is 65.0. The number of para-hydroxylation sites is 1. The second kappa shape index (κ2) is 49.8. The molecule has 0 N–H and O–H groups in total. The molecule has 0 aliphatic rings. The Labute approximate surface area is 602 Å². The number of benzene rings is 9. The van der Waals surface area contributed by atoms with Gasteiger partial charge in [0.1, 0.15) is 17.7 Å². The van der Waals surface area contributed by atoms with Gasteiger partial charge in [-0.1, -0.05) is 349 Å². The molecule has 0 amide bonds. The second-order valence-corrected chi connectivity index (χ2v) is 28.1. The maximum atomic E-state index is 13.1. The molecule has 0 fully saturated rings. The first-order chi connectivity index (χ1) is 46.1. The number of alkyl halides is 4. The van der Waals surface area contributed by atoms with Crippen molar-refractivity contribution in [1.29, 1.82) is 0 Å². The van der Waals surface area contributed by atoms with Crippen molar-refractivity contribution in [1.82, 2.24) is 0 Å². The summed E-state index contributed by atoms with van der Waals surface area (Å²) in [6.45, 7) is 52.0. The number of rotatable bonds is 14. The Morgan fingerprint density at radius 2 is 0.505 bits per heavy atom. The van der Waals surface area contributed by atoms with Crippen molar-refractivity contribution in [2.24, 2.45) is 0 Å². The summed E-state index contributed by atoms with van der Waals surface area (Å²) in [5.41, 5.74) is 20.9. The van der Waals surface area contributed by atoms with Crippen molar-refractivity contribution < 1.29 is 27.0 Å². The van der Waals surface area contributed by atoms with Gasteiger partial charge in [0.2, 0.25) is 6.36 Å². The first kappa shape index (κ1) is 91.3. The molecule has 0 radical (unpaired) electrons. The van der Waals surface area contributed by atoms with Gasteiger partial charge in [0.25, 0.3) is 0 Å². The normalized spacial score (nSPS) is 11.1. The van der Waals surface area contributed by atoms with E-state index in [0.29, 0.717) is 53.1 Å². The summed E-state index contributed by atoms with van der Waals surface area (Å²) in [7, 11) is 0. The zero-order chi connectivity index (χ0) is 74.2. The highest BCUT2D eigenvalue weighted by Crippen LogP contribution is 2.29. The minimum absolute atomic E-state index is 0. The molecule has 2 atom stereocenters. The van der Waals surface area contributed by atoms with Crippen LogP contribution in [0.2, 0.25) is 0 Å². The van der Waals surface area contributed by atoms with Crippen molar-refractivity contribution in [3.8, 4) is 11.5 Å². The average Bonchev–Trinajstić information content (AvgIpc) is 0.882. The number of halogens is 4. The molecular weight excluding hydrogens is 1230 g/mol. The Kier molecular flexibility index (Phi) is 45.9. The maximum absolute atomic E-state index is 13.1. The molecule has 99 heavy (non-hydrogen) atoms. The summed E-state index contributed by atoms with van der Waals surface area (Å²) >= 11 is 0. The van der Waals surface area contributed by atoms with Crippen LogP contribution in [0.3, 0.4) is 0 Å². The highest BCUT2D eigenvalue weighted by molar-refractivity contribution is 5.37. The van der Waals surface area contributed by atoms with Crippen LogP contribution in [0.5, 0.6) is 11.5 Å². The van der Waals surface area contributed by atoms with Gasteiger partial charge in [-0.25, -0.2) is 8.78 Å². The van der Waals surface area contributed by atoms with Crippen molar-refractivity contribution >= 4 is 0 Å². The Morgan fingerprint density at radius 3 is 0.737 bits per heavy atom. The van der Waals surface area contributed by atoms with Crippen LogP contribution in [0.25, 0.3) is 0 Å². The molecule has 0 spiro atoms. The van der Waals surface area contributed by atoms with E-state index in [1.807, 2.05) is 62.4 Å². The lowest BCUT2D eigenvalue weighted by molar-refractivity contribution is -0.0505. The number of aryl methyl sites for hydroxylation is 6. The third kappa shape index (κ3) is 38.5. The van der Waals surface area contributed by atoms with E-state index < -0.39 is 19.1 Å². The fraction of sp³-hybridized carbons (Fsp3) is 0.419. The largest absolute Gasteiger partial charge is 0.461 e. The lowest BCUT2D eigenvalue weighted by atomic mass is 9.95. The van der Waals surface area contributed by atoms with Gasteiger partial charge in [0, 0.05) is 6.92 Å². The summed E-state index contributed by atoms with van der Waals surface area (Å²) in [6.07, 6.45) is -2.11. The summed E-state index contributed by atoms with van der Waals surface area (Å²) in [5.74, 6) is 5.82. The molecule has 0 bridgehead atoms. The first-order valence-corrected chi connectivity index (χ1v) is 35.6. The van der Waals surface area contributed by atoms with Crippen LogP contribution in [-0.4, -0.2) is 13.0 Å². The Bertz CT molecular complexity index is 3290. The van der Waals surface area contributed by atoms with Gasteiger partial charge in [-0.2, -0.15) is 8.78 Å². The molecule has 9 aromatic carbocycles. The van der Waals surface area contributed by atoms with Crippen molar-refractivity contribution in [3.63, 3.8) is 0 Å². The van der Waals surface area contributed by atoms with Gasteiger partial charge in [0.15, 0.2) is 0 Å². The van der Waals surface area contributed by atoms with Crippen LogP contribution in [0, 0.1) is 41.5 Å². The molecule has 0 saturated carbocycles. The molecule has 2 nitrogen and oxygen atoms in total. The highest BCUT2D eigenvalue weighted by Gasteiger charge is 2.13. The monoisotopic (exact) mass is 1360 g/mol. The molecule has 0 saturated heterocycles. The molecule has 6 heteroatoms. The Balaban J connectivity index is 0.00000109. The molecule has 0 aliphatic carbocycles. The van der Waals surface area contributed by atoms with Gasteiger partial charge in [-0.15, -0.1) is 0 Å². The maximum Gasteiger partial charge on any atom is 0.387 e. The Hall–Kier alpha value is -7.70. The fourth-order valence-corrected chi connectivity index (χ4v) is 10.5. The van der Waals surface area contributed by atoms with Crippen LogP contribution in [-0.2, 0) is 0 Å². The zero-order valence-electron chi connectivity index (χ0n) is 65.0. The quantitative estimate of drug-likeness (QED) is 0.101. The van der Waals surface area contributed by atoms with Gasteiger partial charge in [-0.05, 0) is 192 Å². The minimum atomic E-state index is -2.75. The lowest BCUT2D eigenvalue weighted by Gasteiger charge is -2.12. The van der Waals surface area contributed by atoms with Crippen LogP contribution in [0.15, 0.2) is 218 Å². The van der Waals surface area contributed by atoms with Gasteiger partial charge >= 0.3 is 6.61 Å². The summed E-state index contributed by atoms with van der Waals surface area (Å²) in [6, 6.07) is 73.7.